The van der Waals surface area contributed by atoms with Gasteiger partial charge in [0.2, 0.25) is 5.16 Å². The van der Waals surface area contributed by atoms with Gasteiger partial charge in [0.1, 0.15) is 0 Å². The third-order valence-electron chi connectivity index (χ3n) is 3.43. The fraction of sp³-hybridized carbons (Fsp3) is 0.222. The zero-order chi connectivity index (χ0) is 17.6. The zero-order valence-corrected chi connectivity index (χ0v) is 16.4. The molecule has 0 radical (unpaired) electrons. The van der Waals surface area contributed by atoms with Crippen molar-refractivity contribution in [1.29, 1.82) is 0 Å². The van der Waals surface area contributed by atoms with Crippen LogP contribution in [0.2, 0.25) is 0 Å². The van der Waals surface area contributed by atoms with Gasteiger partial charge in [-0.3, -0.25) is 4.98 Å². The summed E-state index contributed by atoms with van der Waals surface area (Å²) in [6, 6.07) is 14.0. The lowest BCUT2D eigenvalue weighted by atomic mass is 10.2. The summed E-state index contributed by atoms with van der Waals surface area (Å²) in [5, 5.41) is 14.0. The van der Waals surface area contributed by atoms with E-state index >= 15 is 0 Å². The number of thioether (sulfide) groups is 1. The average molecular weight is 416 g/mol. The zero-order valence-electron chi connectivity index (χ0n) is 14.0. The van der Waals surface area contributed by atoms with Gasteiger partial charge in [-0.1, -0.05) is 59.7 Å². The van der Waals surface area contributed by atoms with Gasteiger partial charge in [-0.25, -0.2) is 0 Å². The van der Waals surface area contributed by atoms with Gasteiger partial charge in [-0.15, -0.1) is 10.2 Å². The Labute approximate surface area is 159 Å². The molecule has 0 saturated carbocycles. The number of nitrogens with zero attached hydrogens (tertiary/aromatic N) is 5. The monoisotopic (exact) mass is 415 g/mol. The Hall–Kier alpha value is -1.99. The molecule has 0 unspecified atom stereocenters. The first-order chi connectivity index (χ1) is 12.1. The van der Waals surface area contributed by atoms with Crippen molar-refractivity contribution < 1.29 is 0 Å². The first-order valence-corrected chi connectivity index (χ1v) is 9.69. The third-order valence-corrected chi connectivity index (χ3v) is 4.95. The molecular weight excluding hydrogens is 398 g/mol. The van der Waals surface area contributed by atoms with Crippen molar-refractivity contribution in [3.05, 3.63) is 70.2 Å². The maximum Gasteiger partial charge on any atom is 0.212 e. The standard InChI is InChI=1S/C18H18BrN5S/c1-13(2)17-22-23-18(25-12-14-6-8-15(19)9-7-14)24(17)21-11-16-5-3-4-10-20-16/h3-11,13H,12H2,1-2H3/b21-11-. The van der Waals surface area contributed by atoms with Crippen LogP contribution in [0.1, 0.15) is 36.8 Å². The summed E-state index contributed by atoms with van der Waals surface area (Å²) in [7, 11) is 0. The summed E-state index contributed by atoms with van der Waals surface area (Å²) in [6.07, 6.45) is 3.49. The number of hydrogen-bond donors (Lipinski definition) is 0. The summed E-state index contributed by atoms with van der Waals surface area (Å²) in [4.78, 5) is 4.27. The summed E-state index contributed by atoms with van der Waals surface area (Å²) < 4.78 is 2.88. The van der Waals surface area contributed by atoms with Crippen LogP contribution >= 0.6 is 27.7 Å². The Kier molecular flexibility index (Phi) is 5.99. The van der Waals surface area contributed by atoms with Crippen LogP contribution in [-0.4, -0.2) is 26.1 Å². The van der Waals surface area contributed by atoms with E-state index in [1.54, 1.807) is 24.2 Å². The van der Waals surface area contributed by atoms with Crippen molar-refractivity contribution >= 4 is 33.9 Å². The van der Waals surface area contributed by atoms with Gasteiger partial charge in [0, 0.05) is 22.3 Å². The van der Waals surface area contributed by atoms with Crippen LogP contribution in [0.5, 0.6) is 0 Å². The minimum absolute atomic E-state index is 0.232. The Morgan fingerprint density at radius 2 is 1.96 bits per heavy atom. The number of pyridine rings is 1. The minimum atomic E-state index is 0.232. The number of hydrogen-bond acceptors (Lipinski definition) is 5. The van der Waals surface area contributed by atoms with E-state index in [0.29, 0.717) is 0 Å². The van der Waals surface area contributed by atoms with Crippen LogP contribution in [0.25, 0.3) is 0 Å². The molecule has 0 spiro atoms. The maximum atomic E-state index is 4.56. The molecule has 0 aliphatic carbocycles. The van der Waals surface area contributed by atoms with Crippen molar-refractivity contribution in [2.24, 2.45) is 5.10 Å². The highest BCUT2D eigenvalue weighted by Crippen LogP contribution is 2.25. The summed E-state index contributed by atoms with van der Waals surface area (Å²) >= 11 is 5.08. The van der Waals surface area contributed by atoms with Crippen LogP contribution in [-0.2, 0) is 5.75 Å². The number of rotatable bonds is 6. The largest absolute Gasteiger partial charge is 0.255 e. The molecule has 5 nitrogen and oxygen atoms in total. The van der Waals surface area contributed by atoms with E-state index in [2.05, 4.69) is 62.2 Å². The Morgan fingerprint density at radius 3 is 2.64 bits per heavy atom. The molecule has 0 saturated heterocycles. The Morgan fingerprint density at radius 1 is 1.16 bits per heavy atom. The molecule has 0 bridgehead atoms. The molecule has 128 valence electrons. The van der Waals surface area contributed by atoms with Gasteiger partial charge in [0.25, 0.3) is 0 Å². The van der Waals surface area contributed by atoms with Gasteiger partial charge >= 0.3 is 0 Å². The van der Waals surface area contributed by atoms with E-state index in [1.807, 2.05) is 35.0 Å². The smallest absolute Gasteiger partial charge is 0.212 e. The predicted octanol–water partition coefficient (Wildman–Crippen LogP) is 4.73. The SMILES string of the molecule is CC(C)c1nnc(SCc2ccc(Br)cc2)n1/N=C\c1ccccn1. The molecule has 25 heavy (non-hydrogen) atoms. The lowest BCUT2D eigenvalue weighted by Crippen LogP contribution is -2.02. The molecule has 0 fully saturated rings. The second-order valence-corrected chi connectivity index (χ2v) is 7.58. The molecule has 3 rings (SSSR count). The van der Waals surface area contributed by atoms with Crippen molar-refractivity contribution in [3.8, 4) is 0 Å². The first-order valence-electron chi connectivity index (χ1n) is 7.91. The molecule has 0 N–H and O–H groups in total. The summed E-state index contributed by atoms with van der Waals surface area (Å²) in [6.45, 7) is 4.17. The molecule has 0 aliphatic rings. The van der Waals surface area contributed by atoms with E-state index in [4.69, 9.17) is 0 Å². The molecule has 2 heterocycles. The first kappa shape index (κ1) is 17.8. The highest BCUT2D eigenvalue weighted by molar-refractivity contribution is 9.10. The average Bonchev–Trinajstić information content (AvgIpc) is 3.03. The minimum Gasteiger partial charge on any atom is -0.255 e. The quantitative estimate of drug-likeness (QED) is 0.431. The van der Waals surface area contributed by atoms with Crippen molar-refractivity contribution in [3.63, 3.8) is 0 Å². The fourth-order valence-corrected chi connectivity index (χ4v) is 3.25. The third kappa shape index (κ3) is 4.76. The number of benzene rings is 1. The predicted molar refractivity (Wildman–Crippen MR) is 105 cm³/mol. The van der Waals surface area contributed by atoms with Gasteiger partial charge in [-0.2, -0.15) is 9.78 Å². The van der Waals surface area contributed by atoms with E-state index in [1.165, 1.54) is 5.56 Å². The molecule has 0 aliphatic heterocycles. The lowest BCUT2D eigenvalue weighted by Gasteiger charge is -2.06. The normalized spacial score (nSPS) is 11.5. The molecule has 2 aromatic heterocycles. The molecule has 0 amide bonds. The topological polar surface area (TPSA) is 56.0 Å². The van der Waals surface area contributed by atoms with Crippen LogP contribution in [0, 0.1) is 0 Å². The van der Waals surface area contributed by atoms with Gasteiger partial charge in [0.15, 0.2) is 5.82 Å². The van der Waals surface area contributed by atoms with Gasteiger partial charge < -0.3 is 0 Å². The molecule has 7 heteroatoms. The van der Waals surface area contributed by atoms with E-state index in [9.17, 15) is 0 Å². The maximum absolute atomic E-state index is 4.56. The van der Waals surface area contributed by atoms with Crippen molar-refractivity contribution in [2.75, 3.05) is 0 Å². The van der Waals surface area contributed by atoms with Gasteiger partial charge in [-0.05, 0) is 29.8 Å². The van der Waals surface area contributed by atoms with Crippen LogP contribution in [0.4, 0.5) is 0 Å². The second kappa shape index (κ2) is 8.40. The van der Waals surface area contributed by atoms with E-state index in [0.717, 1.165) is 26.9 Å². The summed E-state index contributed by atoms with van der Waals surface area (Å²) in [5.41, 5.74) is 2.03. The van der Waals surface area contributed by atoms with E-state index < -0.39 is 0 Å². The molecule has 1 aromatic carbocycles. The molecule has 0 atom stereocenters. The number of halogens is 1. The fourth-order valence-electron chi connectivity index (χ4n) is 2.13. The second-order valence-electron chi connectivity index (χ2n) is 5.72. The highest BCUT2D eigenvalue weighted by Gasteiger charge is 2.15. The summed E-state index contributed by atoms with van der Waals surface area (Å²) in [5.74, 6) is 1.88. The van der Waals surface area contributed by atoms with Crippen LogP contribution in [0.3, 0.4) is 0 Å². The van der Waals surface area contributed by atoms with Crippen LogP contribution < -0.4 is 0 Å². The Bertz CT molecular complexity index is 844. The van der Waals surface area contributed by atoms with Gasteiger partial charge in [0.05, 0.1) is 11.9 Å². The molecule has 3 aromatic rings. The molecular formula is C18H18BrN5S. The Balaban J connectivity index is 1.81. The van der Waals surface area contributed by atoms with Crippen molar-refractivity contribution in [1.82, 2.24) is 19.9 Å². The highest BCUT2D eigenvalue weighted by atomic mass is 79.9. The van der Waals surface area contributed by atoms with Crippen molar-refractivity contribution in [2.45, 2.75) is 30.7 Å². The lowest BCUT2D eigenvalue weighted by molar-refractivity contribution is 0.667. The van der Waals surface area contributed by atoms with E-state index in [-0.39, 0.29) is 5.92 Å². The number of aromatic nitrogens is 4. The van der Waals surface area contributed by atoms with Crippen LogP contribution in [0.15, 0.2) is 63.4 Å².